The number of aromatic nitrogens is 1. The molecule has 0 fully saturated rings. The second-order valence-electron chi connectivity index (χ2n) is 8.04. The van der Waals surface area contributed by atoms with Crippen molar-refractivity contribution >= 4 is 32.6 Å². The largest absolute Gasteiger partial charge is 0.309 e. The van der Waals surface area contributed by atoms with Gasteiger partial charge in [0.25, 0.3) is 0 Å². The van der Waals surface area contributed by atoms with E-state index in [4.69, 9.17) is 0 Å². The second kappa shape index (κ2) is 7.10. The molecule has 31 heavy (non-hydrogen) atoms. The van der Waals surface area contributed by atoms with Crippen molar-refractivity contribution in [3.63, 3.8) is 0 Å². The Morgan fingerprint density at radius 2 is 1.19 bits per heavy atom. The summed E-state index contributed by atoms with van der Waals surface area (Å²) >= 11 is 0. The molecule has 0 saturated carbocycles. The summed E-state index contributed by atoms with van der Waals surface area (Å²) in [6.07, 6.45) is 0.772. The van der Waals surface area contributed by atoms with Crippen LogP contribution in [0.25, 0.3) is 38.3 Å². The van der Waals surface area contributed by atoms with Crippen LogP contribution in [0.2, 0.25) is 0 Å². The van der Waals surface area contributed by atoms with E-state index < -0.39 is 0 Å². The molecule has 0 atom stereocenters. The minimum absolute atomic E-state index is 0.199. The Bertz CT molecular complexity index is 1540. The Kier molecular flexibility index (Phi) is 4.10. The van der Waals surface area contributed by atoms with E-state index in [2.05, 4.69) is 83.4 Å². The predicted octanol–water partition coefficient (Wildman–Crippen LogP) is 7.67. The van der Waals surface area contributed by atoms with E-state index >= 15 is 0 Å². The first-order valence-corrected chi connectivity index (χ1v) is 10.5. The fraction of sp³-hybridized carbons (Fsp3) is 0.0345. The molecule has 6 rings (SSSR count). The van der Waals surface area contributed by atoms with Gasteiger partial charge in [-0.05, 0) is 70.8 Å². The molecular formula is C29H20FN. The van der Waals surface area contributed by atoms with Crippen molar-refractivity contribution in [2.45, 2.75) is 6.42 Å². The number of halogens is 1. The molecule has 5 aromatic carbocycles. The first kappa shape index (κ1) is 17.9. The summed E-state index contributed by atoms with van der Waals surface area (Å²) in [6, 6.07) is 37.1. The van der Waals surface area contributed by atoms with E-state index in [1.807, 2.05) is 18.2 Å². The van der Waals surface area contributed by atoms with Crippen LogP contribution in [0.1, 0.15) is 11.1 Å². The number of benzene rings is 5. The maximum atomic E-state index is 13.3. The Morgan fingerprint density at radius 1 is 0.548 bits per heavy atom. The standard InChI is InChI=1S/C29H20FN/c30-24-13-10-20(11-14-24)16-21-12-15-26-27-18-22-6-4-5-7-23(22)19-29(27)31(28(26)17-21)25-8-2-1-3-9-25/h1-15,17-19H,16H2. The highest BCUT2D eigenvalue weighted by Gasteiger charge is 2.14. The fourth-order valence-corrected chi connectivity index (χ4v) is 4.55. The first-order valence-electron chi connectivity index (χ1n) is 10.5. The van der Waals surface area contributed by atoms with Gasteiger partial charge in [0.15, 0.2) is 0 Å². The molecule has 0 radical (unpaired) electrons. The molecule has 148 valence electrons. The quantitative estimate of drug-likeness (QED) is 0.287. The Balaban J connectivity index is 1.62. The van der Waals surface area contributed by atoms with Crippen LogP contribution in [0, 0.1) is 5.82 Å². The summed E-state index contributed by atoms with van der Waals surface area (Å²) in [5.41, 5.74) is 5.86. The van der Waals surface area contributed by atoms with Crippen molar-refractivity contribution in [3.05, 3.63) is 126 Å². The molecule has 0 unspecified atom stereocenters. The maximum Gasteiger partial charge on any atom is 0.123 e. The summed E-state index contributed by atoms with van der Waals surface area (Å²) < 4.78 is 15.7. The van der Waals surface area contributed by atoms with Gasteiger partial charge in [0.05, 0.1) is 11.0 Å². The van der Waals surface area contributed by atoms with E-state index in [9.17, 15) is 4.39 Å². The van der Waals surface area contributed by atoms with Gasteiger partial charge < -0.3 is 4.57 Å². The average molecular weight is 401 g/mol. The van der Waals surface area contributed by atoms with Gasteiger partial charge in [-0.1, -0.05) is 66.7 Å². The third-order valence-electron chi connectivity index (χ3n) is 6.03. The van der Waals surface area contributed by atoms with E-state index in [-0.39, 0.29) is 5.82 Å². The van der Waals surface area contributed by atoms with Gasteiger partial charge >= 0.3 is 0 Å². The number of para-hydroxylation sites is 1. The topological polar surface area (TPSA) is 4.93 Å². The Morgan fingerprint density at radius 3 is 1.97 bits per heavy atom. The summed E-state index contributed by atoms with van der Waals surface area (Å²) in [5, 5.41) is 4.98. The van der Waals surface area contributed by atoms with E-state index in [0.717, 1.165) is 17.7 Å². The van der Waals surface area contributed by atoms with Crippen molar-refractivity contribution < 1.29 is 4.39 Å². The van der Waals surface area contributed by atoms with Gasteiger partial charge in [-0.2, -0.15) is 0 Å². The predicted molar refractivity (Wildman–Crippen MR) is 127 cm³/mol. The zero-order valence-electron chi connectivity index (χ0n) is 16.9. The van der Waals surface area contributed by atoms with E-state index in [0.29, 0.717) is 0 Å². The maximum absolute atomic E-state index is 13.3. The summed E-state index contributed by atoms with van der Waals surface area (Å²) in [7, 11) is 0. The smallest absolute Gasteiger partial charge is 0.123 e. The van der Waals surface area contributed by atoms with Crippen molar-refractivity contribution in [2.24, 2.45) is 0 Å². The van der Waals surface area contributed by atoms with Crippen LogP contribution in [-0.2, 0) is 6.42 Å². The molecular weight excluding hydrogens is 381 g/mol. The number of fused-ring (bicyclic) bond motifs is 4. The van der Waals surface area contributed by atoms with Crippen molar-refractivity contribution in [2.75, 3.05) is 0 Å². The van der Waals surface area contributed by atoms with Crippen molar-refractivity contribution in [1.29, 1.82) is 0 Å². The summed E-state index contributed by atoms with van der Waals surface area (Å²) in [6.45, 7) is 0. The zero-order valence-corrected chi connectivity index (χ0v) is 16.9. The molecule has 0 bridgehead atoms. The summed E-state index contributed by atoms with van der Waals surface area (Å²) in [4.78, 5) is 0. The monoisotopic (exact) mass is 401 g/mol. The molecule has 1 aromatic heterocycles. The van der Waals surface area contributed by atoms with E-state index in [1.54, 1.807) is 0 Å². The first-order chi connectivity index (χ1) is 15.3. The van der Waals surface area contributed by atoms with Gasteiger partial charge in [0, 0.05) is 16.5 Å². The molecule has 1 heterocycles. The van der Waals surface area contributed by atoms with Gasteiger partial charge in [0.2, 0.25) is 0 Å². The van der Waals surface area contributed by atoms with E-state index in [1.165, 1.54) is 50.3 Å². The molecule has 0 aliphatic heterocycles. The third-order valence-corrected chi connectivity index (χ3v) is 6.03. The zero-order chi connectivity index (χ0) is 20.8. The van der Waals surface area contributed by atoms with Crippen LogP contribution in [-0.4, -0.2) is 4.57 Å². The molecule has 0 N–H and O–H groups in total. The number of rotatable bonds is 3. The molecule has 0 spiro atoms. The molecule has 1 nitrogen and oxygen atoms in total. The highest BCUT2D eigenvalue weighted by atomic mass is 19.1. The molecule has 0 aliphatic carbocycles. The van der Waals surface area contributed by atoms with Crippen LogP contribution in [0.5, 0.6) is 0 Å². The number of nitrogens with zero attached hydrogens (tertiary/aromatic N) is 1. The van der Waals surface area contributed by atoms with Crippen LogP contribution in [0.15, 0.2) is 109 Å². The SMILES string of the molecule is Fc1ccc(Cc2ccc3c4cc5ccccc5cc4n(-c4ccccc4)c3c2)cc1. The van der Waals surface area contributed by atoms with Crippen LogP contribution < -0.4 is 0 Å². The third kappa shape index (κ3) is 3.08. The highest BCUT2D eigenvalue weighted by molar-refractivity contribution is 6.13. The average Bonchev–Trinajstić information content (AvgIpc) is 3.12. The lowest BCUT2D eigenvalue weighted by Gasteiger charge is -2.09. The van der Waals surface area contributed by atoms with Gasteiger partial charge in [-0.3, -0.25) is 0 Å². The minimum Gasteiger partial charge on any atom is -0.309 e. The Hall–Kier alpha value is -3.91. The van der Waals surface area contributed by atoms with Crippen LogP contribution in [0.4, 0.5) is 4.39 Å². The lowest BCUT2D eigenvalue weighted by molar-refractivity contribution is 0.627. The van der Waals surface area contributed by atoms with Crippen molar-refractivity contribution in [1.82, 2.24) is 4.57 Å². The molecule has 6 aromatic rings. The van der Waals surface area contributed by atoms with Gasteiger partial charge in [-0.25, -0.2) is 4.39 Å². The number of hydrogen-bond acceptors (Lipinski definition) is 0. The van der Waals surface area contributed by atoms with Crippen LogP contribution >= 0.6 is 0 Å². The molecule has 2 heteroatoms. The molecule has 0 amide bonds. The van der Waals surface area contributed by atoms with Crippen molar-refractivity contribution in [3.8, 4) is 5.69 Å². The normalized spacial score (nSPS) is 11.5. The molecule has 0 aliphatic rings. The van der Waals surface area contributed by atoms with Crippen LogP contribution in [0.3, 0.4) is 0 Å². The van der Waals surface area contributed by atoms with Gasteiger partial charge in [-0.15, -0.1) is 0 Å². The lowest BCUT2D eigenvalue weighted by Crippen LogP contribution is -1.94. The second-order valence-corrected chi connectivity index (χ2v) is 8.04. The molecule has 0 saturated heterocycles. The minimum atomic E-state index is -0.199. The number of hydrogen-bond donors (Lipinski definition) is 0. The lowest BCUT2D eigenvalue weighted by atomic mass is 10.0. The fourth-order valence-electron chi connectivity index (χ4n) is 4.55. The highest BCUT2D eigenvalue weighted by Crippen LogP contribution is 2.35. The Labute approximate surface area is 180 Å². The summed E-state index contributed by atoms with van der Waals surface area (Å²) in [5.74, 6) is -0.199. The van der Waals surface area contributed by atoms with Gasteiger partial charge in [0.1, 0.15) is 5.82 Å².